The number of fused-ring (bicyclic) bond motifs is 1. The van der Waals surface area contributed by atoms with Crippen molar-refractivity contribution in [2.75, 3.05) is 32.0 Å². The molecular weight excluding hydrogens is 525 g/mol. The number of halogens is 2. The van der Waals surface area contributed by atoms with Gasteiger partial charge in [-0.05, 0) is 56.4 Å². The van der Waals surface area contributed by atoms with Crippen LogP contribution < -0.4 is 14.2 Å². The number of aromatic nitrogens is 3. The zero-order valence-electron chi connectivity index (χ0n) is 19.9. The Balaban J connectivity index is 1.60. The molecule has 4 aromatic rings. The van der Waals surface area contributed by atoms with Crippen molar-refractivity contribution in [3.63, 3.8) is 0 Å². The number of rotatable bonds is 10. The number of imidazole rings is 1. The van der Waals surface area contributed by atoms with Gasteiger partial charge < -0.3 is 14.4 Å². The fraction of sp³-hybridized carbons (Fsp3) is 0.250. The number of likely N-dealkylation sites (N-methyl/N-ethyl adjacent to an activating group) is 1. The predicted molar refractivity (Wildman–Crippen MR) is 140 cm³/mol. The number of hydrogen-bond donors (Lipinski definition) is 1. The van der Waals surface area contributed by atoms with E-state index in [4.69, 9.17) is 32.7 Å². The average Bonchev–Trinajstić information content (AvgIpc) is 3.17. The van der Waals surface area contributed by atoms with Crippen LogP contribution in [0, 0.1) is 6.92 Å². The Morgan fingerprint density at radius 3 is 2.69 bits per heavy atom. The highest BCUT2D eigenvalue weighted by Gasteiger charge is 2.24. The molecule has 2 aromatic carbocycles. The third-order valence-electron chi connectivity index (χ3n) is 5.30. The van der Waals surface area contributed by atoms with Crippen molar-refractivity contribution >= 4 is 44.7 Å². The van der Waals surface area contributed by atoms with E-state index in [0.29, 0.717) is 33.6 Å². The first kappa shape index (κ1) is 26.0. The van der Waals surface area contributed by atoms with Crippen LogP contribution in [0.2, 0.25) is 10.0 Å². The molecule has 0 aliphatic heterocycles. The van der Waals surface area contributed by atoms with Crippen LogP contribution in [0.5, 0.6) is 11.6 Å². The second-order valence-corrected chi connectivity index (χ2v) is 10.7. The Morgan fingerprint density at radius 2 is 1.92 bits per heavy atom. The zero-order chi connectivity index (χ0) is 25.9. The van der Waals surface area contributed by atoms with Crippen LogP contribution in [-0.2, 0) is 16.6 Å². The van der Waals surface area contributed by atoms with E-state index in [9.17, 15) is 8.42 Å². The van der Waals surface area contributed by atoms with Crippen molar-refractivity contribution in [1.29, 1.82) is 0 Å². The Hall–Kier alpha value is -3.05. The molecule has 0 aliphatic carbocycles. The summed E-state index contributed by atoms with van der Waals surface area (Å²) in [5.74, 6) is 0.774. The molecule has 0 spiro atoms. The molecule has 4 rings (SSSR count). The van der Waals surface area contributed by atoms with Crippen molar-refractivity contribution in [2.24, 2.45) is 0 Å². The normalized spacial score (nSPS) is 11.7. The van der Waals surface area contributed by atoms with Gasteiger partial charge in [0.15, 0.2) is 11.5 Å². The number of benzene rings is 2. The smallest absolute Gasteiger partial charge is 0.263 e. The second kappa shape index (κ2) is 10.9. The number of nitrogens with one attached hydrogen (secondary N) is 1. The standard InChI is InChI=1S/C24H25Cl2N5O4S/c1-16-18(25)5-4-6-21(16)36(32,33)29-23-24(28-22-14-27-9-10-31(22)23)35-15-17-7-8-19(26)20(13-17)34-12-11-30(2)3/h4-10,13-14,29H,11-12,15H2,1-3H3. The first-order valence-corrected chi connectivity index (χ1v) is 13.2. The van der Waals surface area contributed by atoms with Crippen LogP contribution in [-0.4, -0.2) is 54.9 Å². The molecule has 1 N–H and O–H groups in total. The lowest BCUT2D eigenvalue weighted by Crippen LogP contribution is -2.19. The van der Waals surface area contributed by atoms with E-state index >= 15 is 0 Å². The molecule has 0 fully saturated rings. The van der Waals surface area contributed by atoms with Gasteiger partial charge in [-0.15, -0.1) is 0 Å². The van der Waals surface area contributed by atoms with Crippen molar-refractivity contribution in [3.8, 4) is 11.6 Å². The molecule has 2 heterocycles. The highest BCUT2D eigenvalue weighted by Crippen LogP contribution is 2.31. The van der Waals surface area contributed by atoms with Gasteiger partial charge in [0, 0.05) is 24.0 Å². The van der Waals surface area contributed by atoms with Crippen molar-refractivity contribution in [3.05, 3.63) is 76.2 Å². The van der Waals surface area contributed by atoms with Gasteiger partial charge in [-0.3, -0.25) is 14.1 Å². The number of hydrogen-bond acceptors (Lipinski definition) is 7. The third kappa shape index (κ3) is 5.84. The summed E-state index contributed by atoms with van der Waals surface area (Å²) >= 11 is 12.4. The van der Waals surface area contributed by atoms with Crippen molar-refractivity contribution < 1.29 is 17.9 Å². The quantitative estimate of drug-likeness (QED) is 0.307. The SMILES string of the molecule is Cc1c(Cl)cccc1S(=O)(=O)Nc1c(OCc2ccc(Cl)c(OCCN(C)C)c2)nc2cnccn12. The fourth-order valence-corrected chi connectivity index (χ4v) is 5.10. The molecule has 0 atom stereocenters. The van der Waals surface area contributed by atoms with Gasteiger partial charge in [-0.1, -0.05) is 35.3 Å². The first-order chi connectivity index (χ1) is 17.2. The Bertz CT molecular complexity index is 1490. The summed E-state index contributed by atoms with van der Waals surface area (Å²) in [6.07, 6.45) is 4.63. The molecule has 0 unspecified atom stereocenters. The Kier molecular flexibility index (Phi) is 7.89. The van der Waals surface area contributed by atoms with Crippen LogP contribution in [0.25, 0.3) is 5.65 Å². The monoisotopic (exact) mass is 549 g/mol. The van der Waals surface area contributed by atoms with Crippen LogP contribution in [0.4, 0.5) is 5.82 Å². The molecule has 0 aliphatic rings. The van der Waals surface area contributed by atoms with Gasteiger partial charge in [0.1, 0.15) is 19.0 Å². The minimum absolute atomic E-state index is 0.0576. The van der Waals surface area contributed by atoms with Crippen LogP contribution in [0.15, 0.2) is 59.9 Å². The van der Waals surface area contributed by atoms with E-state index in [2.05, 4.69) is 14.7 Å². The van der Waals surface area contributed by atoms with Crippen LogP contribution >= 0.6 is 23.2 Å². The molecule has 0 bridgehead atoms. The number of sulfonamides is 1. The van der Waals surface area contributed by atoms with Crippen LogP contribution in [0.1, 0.15) is 11.1 Å². The lowest BCUT2D eigenvalue weighted by molar-refractivity contribution is 0.260. The summed E-state index contributed by atoms with van der Waals surface area (Å²) in [5.41, 5.74) is 1.62. The van der Waals surface area contributed by atoms with E-state index in [0.717, 1.165) is 12.1 Å². The third-order valence-corrected chi connectivity index (χ3v) is 7.51. The summed E-state index contributed by atoms with van der Waals surface area (Å²) in [4.78, 5) is 10.5. The molecule has 0 saturated carbocycles. The maximum absolute atomic E-state index is 13.3. The minimum Gasteiger partial charge on any atom is -0.491 e. The Labute approximate surface area is 219 Å². The molecule has 12 heteroatoms. The van der Waals surface area contributed by atoms with E-state index in [1.165, 1.54) is 18.5 Å². The second-order valence-electron chi connectivity index (χ2n) is 8.24. The lowest BCUT2D eigenvalue weighted by Gasteiger charge is -2.14. The highest BCUT2D eigenvalue weighted by atomic mass is 35.5. The number of anilines is 1. The molecule has 36 heavy (non-hydrogen) atoms. The summed E-state index contributed by atoms with van der Waals surface area (Å²) in [6, 6.07) is 10.0. The molecule has 2 aromatic heterocycles. The van der Waals surface area contributed by atoms with E-state index < -0.39 is 10.0 Å². The van der Waals surface area contributed by atoms with Gasteiger partial charge in [-0.2, -0.15) is 4.98 Å². The molecule has 0 amide bonds. The van der Waals surface area contributed by atoms with Gasteiger partial charge in [0.05, 0.1) is 16.1 Å². The fourth-order valence-electron chi connectivity index (χ4n) is 3.38. The number of nitrogens with zero attached hydrogens (tertiary/aromatic N) is 4. The zero-order valence-corrected chi connectivity index (χ0v) is 22.2. The predicted octanol–water partition coefficient (Wildman–Crippen LogP) is 4.66. The molecule has 9 nitrogen and oxygen atoms in total. The molecule has 190 valence electrons. The average molecular weight is 550 g/mol. The maximum atomic E-state index is 13.3. The van der Waals surface area contributed by atoms with E-state index in [1.807, 2.05) is 19.0 Å². The van der Waals surface area contributed by atoms with Gasteiger partial charge in [0.25, 0.3) is 15.9 Å². The lowest BCUT2D eigenvalue weighted by atomic mass is 10.2. The van der Waals surface area contributed by atoms with Gasteiger partial charge in [0.2, 0.25) is 0 Å². The largest absolute Gasteiger partial charge is 0.491 e. The van der Waals surface area contributed by atoms with E-state index in [-0.39, 0.29) is 23.2 Å². The van der Waals surface area contributed by atoms with Gasteiger partial charge in [-0.25, -0.2) is 8.42 Å². The minimum atomic E-state index is -4.00. The number of ether oxygens (including phenoxy) is 2. The summed E-state index contributed by atoms with van der Waals surface area (Å²) in [5, 5.41) is 0.838. The summed E-state index contributed by atoms with van der Waals surface area (Å²) in [7, 11) is -0.0852. The Morgan fingerprint density at radius 1 is 1.11 bits per heavy atom. The highest BCUT2D eigenvalue weighted by molar-refractivity contribution is 7.92. The van der Waals surface area contributed by atoms with Gasteiger partial charge >= 0.3 is 0 Å². The molecular formula is C24H25Cl2N5O4S. The molecule has 0 radical (unpaired) electrons. The van der Waals surface area contributed by atoms with Crippen LogP contribution in [0.3, 0.4) is 0 Å². The topological polar surface area (TPSA) is 98.1 Å². The first-order valence-electron chi connectivity index (χ1n) is 10.9. The summed E-state index contributed by atoms with van der Waals surface area (Å²) in [6.45, 7) is 2.96. The van der Waals surface area contributed by atoms with E-state index in [1.54, 1.807) is 47.9 Å². The van der Waals surface area contributed by atoms with Crippen molar-refractivity contribution in [1.82, 2.24) is 19.3 Å². The summed E-state index contributed by atoms with van der Waals surface area (Å²) < 4.78 is 42.4. The maximum Gasteiger partial charge on any atom is 0.263 e. The molecule has 0 saturated heterocycles. The van der Waals surface area contributed by atoms with Crippen molar-refractivity contribution in [2.45, 2.75) is 18.4 Å².